The summed E-state index contributed by atoms with van der Waals surface area (Å²) in [7, 11) is 0. The minimum absolute atomic E-state index is 0.0302. The number of carbonyl (C=O) groups is 1. The van der Waals surface area contributed by atoms with Crippen LogP contribution in [0.2, 0.25) is 0 Å². The molecule has 9 nitrogen and oxygen atoms in total. The maximum Gasteiger partial charge on any atom is 0.257 e. The summed E-state index contributed by atoms with van der Waals surface area (Å²) in [6.07, 6.45) is 13.3. The van der Waals surface area contributed by atoms with Crippen molar-refractivity contribution in [3.05, 3.63) is 67.1 Å². The third-order valence-corrected chi connectivity index (χ3v) is 5.11. The molecule has 4 aromatic heterocycles. The standard InChI is InChI=1S/C20H20N8O/c29-20(16-4-1-5-21-17(16)28-11-2-6-24-28)27-10-3-9-25(14-15-27)18-19-23-8-13-26(19)12-7-22-18/h1-2,4-8,11-13H,3,9-10,14-15H2. The quantitative estimate of drug-likeness (QED) is 0.531. The highest BCUT2D eigenvalue weighted by Crippen LogP contribution is 2.20. The predicted molar refractivity (Wildman–Crippen MR) is 107 cm³/mol. The molecule has 5 rings (SSSR count). The Morgan fingerprint density at radius 2 is 1.69 bits per heavy atom. The highest BCUT2D eigenvalue weighted by atomic mass is 16.2. The number of pyridine rings is 1. The number of aromatic nitrogens is 6. The maximum absolute atomic E-state index is 13.3. The van der Waals surface area contributed by atoms with E-state index < -0.39 is 0 Å². The number of imidazole rings is 1. The highest BCUT2D eigenvalue weighted by molar-refractivity contribution is 5.97. The Labute approximate surface area is 167 Å². The lowest BCUT2D eigenvalue weighted by molar-refractivity contribution is 0.0766. The zero-order valence-corrected chi connectivity index (χ0v) is 15.8. The van der Waals surface area contributed by atoms with Gasteiger partial charge in [-0.05, 0) is 24.6 Å². The van der Waals surface area contributed by atoms with Gasteiger partial charge < -0.3 is 14.2 Å². The first-order chi connectivity index (χ1) is 14.3. The fourth-order valence-electron chi connectivity index (χ4n) is 3.71. The molecule has 0 unspecified atom stereocenters. The summed E-state index contributed by atoms with van der Waals surface area (Å²) in [6.45, 7) is 2.81. The fourth-order valence-corrected chi connectivity index (χ4v) is 3.71. The van der Waals surface area contributed by atoms with Gasteiger partial charge in [0.05, 0.1) is 5.56 Å². The van der Waals surface area contributed by atoms with E-state index in [-0.39, 0.29) is 5.91 Å². The number of rotatable bonds is 3. The van der Waals surface area contributed by atoms with Crippen LogP contribution in [0.15, 0.2) is 61.6 Å². The molecule has 0 radical (unpaired) electrons. The van der Waals surface area contributed by atoms with Crippen LogP contribution in [0.3, 0.4) is 0 Å². The molecule has 0 bridgehead atoms. The second kappa shape index (κ2) is 7.34. The number of carbonyl (C=O) groups excluding carboxylic acids is 1. The average Bonchev–Trinajstić information content (AvgIpc) is 3.41. The van der Waals surface area contributed by atoms with E-state index in [1.807, 2.05) is 33.8 Å². The lowest BCUT2D eigenvalue weighted by atomic mass is 10.2. The first-order valence-electron chi connectivity index (χ1n) is 9.58. The predicted octanol–water partition coefficient (Wildman–Crippen LogP) is 1.66. The zero-order valence-electron chi connectivity index (χ0n) is 15.8. The Hall–Kier alpha value is -3.75. The summed E-state index contributed by atoms with van der Waals surface area (Å²) in [5.74, 6) is 1.37. The largest absolute Gasteiger partial charge is 0.352 e. The summed E-state index contributed by atoms with van der Waals surface area (Å²) in [6, 6.07) is 5.41. The molecular weight excluding hydrogens is 368 g/mol. The van der Waals surface area contributed by atoms with Crippen molar-refractivity contribution in [2.45, 2.75) is 6.42 Å². The van der Waals surface area contributed by atoms with Crippen molar-refractivity contribution in [1.29, 1.82) is 0 Å². The van der Waals surface area contributed by atoms with Crippen LogP contribution in [0.1, 0.15) is 16.8 Å². The lowest BCUT2D eigenvalue weighted by Crippen LogP contribution is -2.36. The molecule has 9 heteroatoms. The van der Waals surface area contributed by atoms with Crippen molar-refractivity contribution in [2.24, 2.45) is 0 Å². The number of hydrogen-bond acceptors (Lipinski definition) is 6. The van der Waals surface area contributed by atoms with Gasteiger partial charge in [0, 0.05) is 69.6 Å². The highest BCUT2D eigenvalue weighted by Gasteiger charge is 2.24. The molecule has 0 saturated carbocycles. The van der Waals surface area contributed by atoms with Crippen LogP contribution in [-0.2, 0) is 0 Å². The van der Waals surface area contributed by atoms with Crippen molar-refractivity contribution >= 4 is 17.4 Å². The van der Waals surface area contributed by atoms with Crippen LogP contribution in [0.5, 0.6) is 0 Å². The van der Waals surface area contributed by atoms with Crippen LogP contribution in [0.25, 0.3) is 11.5 Å². The molecule has 29 heavy (non-hydrogen) atoms. The first kappa shape index (κ1) is 17.4. The molecule has 0 aromatic carbocycles. The summed E-state index contributed by atoms with van der Waals surface area (Å²) < 4.78 is 3.59. The van der Waals surface area contributed by atoms with Crippen molar-refractivity contribution in [2.75, 3.05) is 31.1 Å². The van der Waals surface area contributed by atoms with E-state index in [9.17, 15) is 4.79 Å². The second-order valence-corrected chi connectivity index (χ2v) is 6.87. The second-order valence-electron chi connectivity index (χ2n) is 6.87. The number of amides is 1. The van der Waals surface area contributed by atoms with E-state index in [0.717, 1.165) is 24.4 Å². The van der Waals surface area contributed by atoms with E-state index in [1.165, 1.54) is 0 Å². The van der Waals surface area contributed by atoms with Crippen LogP contribution in [-0.4, -0.2) is 66.1 Å². The number of hydrogen-bond donors (Lipinski definition) is 0. The van der Waals surface area contributed by atoms with Gasteiger partial charge >= 0.3 is 0 Å². The van der Waals surface area contributed by atoms with Crippen molar-refractivity contribution in [3.8, 4) is 5.82 Å². The van der Waals surface area contributed by atoms with E-state index >= 15 is 0 Å². The van der Waals surface area contributed by atoms with Gasteiger partial charge in [0.2, 0.25) is 0 Å². The van der Waals surface area contributed by atoms with Crippen molar-refractivity contribution in [1.82, 2.24) is 34.0 Å². The first-order valence-corrected chi connectivity index (χ1v) is 9.58. The molecule has 0 spiro atoms. The van der Waals surface area contributed by atoms with E-state index in [4.69, 9.17) is 0 Å². The Morgan fingerprint density at radius 1 is 0.828 bits per heavy atom. The molecule has 0 N–H and O–H groups in total. The van der Waals surface area contributed by atoms with Gasteiger partial charge in [-0.3, -0.25) is 4.79 Å². The topological polar surface area (TPSA) is 84.5 Å². The Bertz CT molecular complexity index is 1140. The van der Waals surface area contributed by atoms with Gasteiger partial charge in [-0.15, -0.1) is 0 Å². The molecule has 1 aliphatic rings. The minimum atomic E-state index is -0.0302. The number of fused-ring (bicyclic) bond motifs is 1. The summed E-state index contributed by atoms with van der Waals surface area (Å²) in [4.78, 5) is 30.7. The Morgan fingerprint density at radius 3 is 2.55 bits per heavy atom. The smallest absolute Gasteiger partial charge is 0.257 e. The average molecular weight is 388 g/mol. The SMILES string of the molecule is O=C(c1cccnc1-n1cccn1)N1CCCN(c2nccn3ccnc23)CC1. The fraction of sp³-hybridized carbons (Fsp3) is 0.250. The number of nitrogens with zero attached hydrogens (tertiary/aromatic N) is 8. The van der Waals surface area contributed by atoms with E-state index in [1.54, 1.807) is 41.7 Å². The zero-order chi connectivity index (χ0) is 19.6. The Balaban J connectivity index is 1.38. The lowest BCUT2D eigenvalue weighted by Gasteiger charge is -2.23. The van der Waals surface area contributed by atoms with Gasteiger partial charge in [-0.25, -0.2) is 19.6 Å². The van der Waals surface area contributed by atoms with Crippen LogP contribution in [0, 0.1) is 0 Å². The van der Waals surface area contributed by atoms with Crippen LogP contribution < -0.4 is 4.90 Å². The van der Waals surface area contributed by atoms with Gasteiger partial charge in [0.15, 0.2) is 17.3 Å². The molecule has 0 atom stereocenters. The third kappa shape index (κ3) is 3.20. The normalized spacial score (nSPS) is 14.9. The molecule has 0 aliphatic carbocycles. The van der Waals surface area contributed by atoms with Gasteiger partial charge in [-0.2, -0.15) is 5.10 Å². The summed E-state index contributed by atoms with van der Waals surface area (Å²) in [5, 5.41) is 4.23. The molecule has 5 heterocycles. The third-order valence-electron chi connectivity index (χ3n) is 5.11. The summed E-state index contributed by atoms with van der Waals surface area (Å²) in [5.41, 5.74) is 1.39. The number of anilines is 1. The van der Waals surface area contributed by atoms with E-state index in [2.05, 4.69) is 25.0 Å². The molecule has 1 aliphatic heterocycles. The van der Waals surface area contributed by atoms with Crippen molar-refractivity contribution in [3.63, 3.8) is 0 Å². The maximum atomic E-state index is 13.3. The monoisotopic (exact) mass is 388 g/mol. The van der Waals surface area contributed by atoms with E-state index in [0.29, 0.717) is 31.0 Å². The minimum Gasteiger partial charge on any atom is -0.352 e. The molecular formula is C20H20N8O. The van der Waals surface area contributed by atoms with Crippen LogP contribution >= 0.6 is 0 Å². The van der Waals surface area contributed by atoms with Crippen molar-refractivity contribution < 1.29 is 4.79 Å². The summed E-state index contributed by atoms with van der Waals surface area (Å²) >= 11 is 0. The van der Waals surface area contributed by atoms with Gasteiger partial charge in [0.1, 0.15) is 0 Å². The molecule has 1 saturated heterocycles. The Kier molecular flexibility index (Phi) is 4.39. The van der Waals surface area contributed by atoms with Crippen LogP contribution in [0.4, 0.5) is 5.82 Å². The molecule has 4 aromatic rings. The molecule has 1 fully saturated rings. The molecule has 1 amide bonds. The van der Waals surface area contributed by atoms with Gasteiger partial charge in [-0.1, -0.05) is 0 Å². The molecule has 146 valence electrons. The van der Waals surface area contributed by atoms with Gasteiger partial charge in [0.25, 0.3) is 5.91 Å².